The fourth-order valence-corrected chi connectivity index (χ4v) is 7.59. The maximum atomic E-state index is 7.67. The molecule has 5 aromatic rings. The third-order valence-corrected chi connectivity index (χ3v) is 10.1. The van der Waals surface area contributed by atoms with E-state index < -0.39 is 5.54 Å². The highest BCUT2D eigenvalue weighted by molar-refractivity contribution is 5.93. The van der Waals surface area contributed by atoms with Gasteiger partial charge in [0, 0.05) is 66.4 Å². The molecule has 0 spiro atoms. The minimum atomic E-state index is -0.648. The van der Waals surface area contributed by atoms with Gasteiger partial charge in [0.1, 0.15) is 0 Å². The van der Waals surface area contributed by atoms with E-state index in [0.29, 0.717) is 23.8 Å². The molecule has 2 unspecified atom stereocenters. The minimum Gasteiger partial charge on any atom is -0.378 e. The Morgan fingerprint density at radius 3 is 2.39 bits per heavy atom. The molecule has 1 N–H and O–H groups in total. The topological polar surface area (TPSA) is 71.3 Å². The molecule has 8 rings (SSSR count). The maximum Gasteiger partial charge on any atom is 0.254 e. The zero-order valence-electron chi connectivity index (χ0n) is 25.3. The van der Waals surface area contributed by atoms with Crippen LogP contribution in [0.5, 0.6) is 0 Å². The molecule has 2 fully saturated rings. The lowest BCUT2D eigenvalue weighted by molar-refractivity contribution is -0.148. The van der Waals surface area contributed by atoms with E-state index in [-0.39, 0.29) is 0 Å². The largest absolute Gasteiger partial charge is 0.378 e. The summed E-state index contributed by atoms with van der Waals surface area (Å²) in [6.07, 6.45) is 9.77. The Hall–Kier alpha value is -4.38. The zero-order valence-corrected chi connectivity index (χ0v) is 25.3. The van der Waals surface area contributed by atoms with Crippen LogP contribution in [0.3, 0.4) is 0 Å². The van der Waals surface area contributed by atoms with E-state index in [9.17, 15) is 0 Å². The van der Waals surface area contributed by atoms with Crippen LogP contribution in [0.15, 0.2) is 73.1 Å². The van der Waals surface area contributed by atoms with Gasteiger partial charge in [0.25, 0.3) is 5.54 Å². The highest BCUT2D eigenvalue weighted by atomic mass is 16.5. The molecule has 0 saturated carbocycles. The van der Waals surface area contributed by atoms with Crippen LogP contribution >= 0.6 is 0 Å². The highest BCUT2D eigenvalue weighted by Crippen LogP contribution is 2.38. The Kier molecular flexibility index (Phi) is 6.58. The first-order chi connectivity index (χ1) is 21.5. The molecule has 2 aromatic carbocycles. The van der Waals surface area contributed by atoms with Gasteiger partial charge >= 0.3 is 0 Å². The number of morpholine rings is 1. The van der Waals surface area contributed by atoms with Crippen LogP contribution in [0.1, 0.15) is 49.8 Å². The van der Waals surface area contributed by atoms with Gasteiger partial charge in [-0.05, 0) is 67.0 Å². The molecule has 3 atom stereocenters. The summed E-state index contributed by atoms with van der Waals surface area (Å²) in [5.41, 5.74) is 10.1. The van der Waals surface area contributed by atoms with Crippen molar-refractivity contribution in [1.82, 2.24) is 25.1 Å². The number of nitrogens with zero attached hydrogens (tertiary/aromatic N) is 5. The molecule has 5 heterocycles. The molecule has 0 radical (unpaired) electrons. The summed E-state index contributed by atoms with van der Waals surface area (Å²) in [6.45, 7) is 13.4. The van der Waals surface area contributed by atoms with E-state index in [1.165, 1.54) is 36.0 Å². The van der Waals surface area contributed by atoms with Crippen molar-refractivity contribution < 1.29 is 4.74 Å². The van der Waals surface area contributed by atoms with Crippen molar-refractivity contribution in [1.29, 1.82) is 0 Å². The smallest absolute Gasteiger partial charge is 0.254 e. The second kappa shape index (κ2) is 10.7. The van der Waals surface area contributed by atoms with Gasteiger partial charge in [0.15, 0.2) is 5.65 Å². The Morgan fingerprint density at radius 1 is 0.864 bits per heavy atom. The van der Waals surface area contributed by atoms with Crippen LogP contribution in [0.4, 0.5) is 0 Å². The molecule has 1 aliphatic carbocycles. The molecule has 3 aromatic heterocycles. The molecule has 2 aliphatic heterocycles. The predicted octanol–water partition coefficient (Wildman–Crippen LogP) is 7.23. The maximum absolute atomic E-state index is 7.67. The molecular formula is C37H36N6O. The summed E-state index contributed by atoms with van der Waals surface area (Å²) in [5, 5.41) is 8.75. The fourth-order valence-electron chi connectivity index (χ4n) is 7.59. The Balaban J connectivity index is 1.06. The third-order valence-electron chi connectivity index (χ3n) is 10.1. The van der Waals surface area contributed by atoms with Gasteiger partial charge in [-0.25, -0.2) is 11.6 Å². The van der Waals surface area contributed by atoms with Gasteiger partial charge in [-0.3, -0.25) is 15.0 Å². The predicted molar refractivity (Wildman–Crippen MR) is 173 cm³/mol. The normalized spacial score (nSPS) is 21.7. The average molecular weight is 581 g/mol. The van der Waals surface area contributed by atoms with E-state index >= 15 is 0 Å². The number of aromatic amines is 1. The second-order valence-corrected chi connectivity index (χ2v) is 13.1. The summed E-state index contributed by atoms with van der Waals surface area (Å²) in [7, 11) is 0. The number of aromatic nitrogens is 4. The van der Waals surface area contributed by atoms with Crippen molar-refractivity contribution in [3.8, 4) is 33.6 Å². The first-order valence-corrected chi connectivity index (χ1v) is 15.7. The Bertz CT molecular complexity index is 1890. The second-order valence-electron chi connectivity index (χ2n) is 13.1. The molecular weight excluding hydrogens is 544 g/mol. The SMILES string of the molecule is [C-]#[N+]C(C)(C)c1cccnc1-c1ccc(-c2[nH]nc3ncc(-c4ccc5c(c4)CC[C@@H](N4C6COCC4C6)CC5)cc23)cc1. The summed E-state index contributed by atoms with van der Waals surface area (Å²) < 4.78 is 5.75. The molecule has 44 heavy (non-hydrogen) atoms. The number of benzene rings is 2. The van der Waals surface area contributed by atoms with Crippen molar-refractivity contribution in [2.75, 3.05) is 13.2 Å². The van der Waals surface area contributed by atoms with Crippen LogP contribution in [0.25, 0.3) is 49.5 Å². The molecule has 220 valence electrons. The van der Waals surface area contributed by atoms with Crippen molar-refractivity contribution in [3.63, 3.8) is 0 Å². The van der Waals surface area contributed by atoms with E-state index in [1.807, 2.05) is 32.2 Å². The number of ether oxygens (including phenoxy) is 1. The molecule has 7 nitrogen and oxygen atoms in total. The van der Waals surface area contributed by atoms with Crippen molar-refractivity contribution >= 4 is 11.0 Å². The number of H-pyrrole nitrogens is 1. The van der Waals surface area contributed by atoms with Crippen molar-refractivity contribution in [3.05, 3.63) is 101 Å². The molecule has 2 saturated heterocycles. The van der Waals surface area contributed by atoms with Gasteiger partial charge in [0.05, 0.1) is 30.2 Å². The van der Waals surface area contributed by atoms with E-state index in [0.717, 1.165) is 65.1 Å². The van der Waals surface area contributed by atoms with Crippen LogP contribution in [0, 0.1) is 6.57 Å². The van der Waals surface area contributed by atoms with Gasteiger partial charge in [-0.1, -0.05) is 42.5 Å². The number of rotatable bonds is 5. The zero-order chi connectivity index (χ0) is 29.8. The van der Waals surface area contributed by atoms with E-state index in [1.54, 1.807) is 6.20 Å². The summed E-state index contributed by atoms with van der Waals surface area (Å²) in [5.74, 6) is 0. The van der Waals surface area contributed by atoms with Crippen LogP contribution in [0.2, 0.25) is 0 Å². The number of nitrogens with one attached hydrogen (secondary N) is 1. The minimum absolute atomic E-state index is 0.637. The molecule has 7 heteroatoms. The first kappa shape index (κ1) is 27.2. The average Bonchev–Trinajstić information content (AvgIpc) is 3.39. The summed E-state index contributed by atoms with van der Waals surface area (Å²) in [4.78, 5) is 16.0. The number of fused-ring (bicyclic) bond motifs is 4. The van der Waals surface area contributed by atoms with E-state index in [2.05, 4.69) is 73.5 Å². The first-order valence-electron chi connectivity index (χ1n) is 15.7. The molecule has 0 amide bonds. The Labute approximate surface area is 258 Å². The van der Waals surface area contributed by atoms with Crippen molar-refractivity contribution in [2.45, 2.75) is 69.6 Å². The molecule has 2 bridgehead atoms. The number of aryl methyl sites for hydroxylation is 2. The van der Waals surface area contributed by atoms with Gasteiger partial charge in [0.2, 0.25) is 0 Å². The van der Waals surface area contributed by atoms with Crippen LogP contribution < -0.4 is 0 Å². The van der Waals surface area contributed by atoms with Gasteiger partial charge in [-0.15, -0.1) is 0 Å². The lowest BCUT2D eigenvalue weighted by Crippen LogP contribution is -2.66. The monoisotopic (exact) mass is 580 g/mol. The number of pyridine rings is 2. The third kappa shape index (κ3) is 4.61. The lowest BCUT2D eigenvalue weighted by atomic mass is 9.87. The molecule has 3 aliphatic rings. The quantitative estimate of drug-likeness (QED) is 0.175. The number of hydrogen-bond donors (Lipinski definition) is 1. The van der Waals surface area contributed by atoms with Crippen molar-refractivity contribution in [2.24, 2.45) is 0 Å². The van der Waals surface area contributed by atoms with Crippen LogP contribution in [-0.2, 0) is 23.1 Å². The Morgan fingerprint density at radius 2 is 1.61 bits per heavy atom. The highest BCUT2D eigenvalue weighted by Gasteiger charge is 2.45. The standard InChI is InChI=1S/C37H36N6O/c1-37(2,38-3)33-5-4-16-39-35(33)25-9-7-24(8-10-25)34-32-18-28(20-40-36(32)42-41-34)27-11-6-23-12-14-29(15-13-26(23)17-27)43-30-19-31(43)22-44-21-30/h4-11,16-18,20,29-31H,12-15,19,21-22H2,1-2H3,(H,40,41,42)/t29-,30?,31?/m0/s1. The van der Waals surface area contributed by atoms with E-state index in [4.69, 9.17) is 16.3 Å². The lowest BCUT2D eigenvalue weighted by Gasteiger charge is -2.56. The summed E-state index contributed by atoms with van der Waals surface area (Å²) >= 11 is 0. The van der Waals surface area contributed by atoms with Gasteiger partial charge in [-0.2, -0.15) is 5.10 Å². The fraction of sp³-hybridized carbons (Fsp3) is 0.351. The van der Waals surface area contributed by atoms with Gasteiger partial charge < -0.3 is 9.58 Å². The summed E-state index contributed by atoms with van der Waals surface area (Å²) in [6, 6.07) is 23.4. The van der Waals surface area contributed by atoms with Crippen LogP contribution in [-0.4, -0.2) is 56.4 Å². The number of hydrogen-bond acceptors (Lipinski definition) is 5.